The Morgan fingerprint density at radius 2 is 0.962 bits per heavy atom. The number of unbranched alkanes of at least 4 members (excludes halogenated alkanes) is 5. The predicted molar refractivity (Wildman–Crippen MR) is 118 cm³/mol. The Hall–Kier alpha value is 0.270. The third-order valence-electron chi connectivity index (χ3n) is 5.09. The number of hydrogen-bond acceptors (Lipinski definition) is 3. The molecule has 0 spiro atoms. The van der Waals surface area contributed by atoms with Crippen molar-refractivity contribution in [3.05, 3.63) is 0 Å². The number of rotatable bonds is 16. The molecule has 0 fully saturated rings. The van der Waals surface area contributed by atoms with Gasteiger partial charge in [-0.3, -0.25) is 0 Å². The quantitative estimate of drug-likeness (QED) is 0.256. The second-order valence-electron chi connectivity index (χ2n) is 7.59. The van der Waals surface area contributed by atoms with Gasteiger partial charge in [0.05, 0.1) is 5.75 Å². The van der Waals surface area contributed by atoms with Crippen molar-refractivity contribution in [2.75, 3.05) is 30.4 Å². The Bertz CT molecular complexity index is 351. The summed E-state index contributed by atoms with van der Waals surface area (Å²) >= 11 is 0. The van der Waals surface area contributed by atoms with Gasteiger partial charge in [-0.1, -0.05) is 17.7 Å². The molecular weight excluding hydrogens is 370 g/mol. The molecule has 0 aliphatic heterocycles. The Balaban J connectivity index is 0. The van der Waals surface area contributed by atoms with Crippen LogP contribution in [0.1, 0.15) is 98.8 Å². The Labute approximate surface area is 164 Å². The van der Waals surface area contributed by atoms with Crippen LogP contribution in [0.4, 0.5) is 4.53 Å². The second-order valence-corrected chi connectivity index (χ2v) is 14.2. The summed E-state index contributed by atoms with van der Waals surface area (Å²) < 4.78 is 34.0. The average Bonchev–Trinajstić information content (AvgIpc) is 2.66. The number of hydrogen-bond donors (Lipinski definition) is 0. The summed E-state index contributed by atoms with van der Waals surface area (Å²) in [6, 6.07) is 0. The van der Waals surface area contributed by atoms with E-state index in [1.54, 1.807) is 24.6 Å². The van der Waals surface area contributed by atoms with Gasteiger partial charge in [-0.25, -0.2) is 0 Å². The van der Waals surface area contributed by atoms with Gasteiger partial charge in [0.15, 0.2) is 0 Å². The van der Waals surface area contributed by atoms with Gasteiger partial charge in [0, 0.05) is 0 Å². The third kappa shape index (κ3) is 16.4. The first-order valence-corrected chi connectivity index (χ1v) is 15.3. The molecule has 0 aliphatic rings. The Morgan fingerprint density at radius 1 is 0.654 bits per heavy atom. The van der Waals surface area contributed by atoms with Crippen molar-refractivity contribution < 1.29 is 17.3 Å². The van der Waals surface area contributed by atoms with E-state index >= 15 is 0 Å². The molecule has 0 heterocycles. The van der Waals surface area contributed by atoms with Crippen molar-refractivity contribution in [3.63, 3.8) is 0 Å². The van der Waals surface area contributed by atoms with E-state index < -0.39 is 17.4 Å². The molecule has 0 saturated carbocycles. The van der Waals surface area contributed by atoms with Gasteiger partial charge in [-0.2, -0.15) is 8.42 Å². The van der Waals surface area contributed by atoms with Crippen LogP contribution in [0.25, 0.3) is 0 Å². The van der Waals surface area contributed by atoms with Gasteiger partial charge < -0.3 is 0 Å². The number of halogens is 1. The molecule has 0 aliphatic carbocycles. The molecule has 0 unspecified atom stereocenters. The van der Waals surface area contributed by atoms with E-state index in [0.29, 0.717) is 12.8 Å². The van der Waals surface area contributed by atoms with Crippen LogP contribution < -0.4 is 0 Å². The monoisotopic (exact) mass is 416 g/mol. The molecule has 26 heavy (non-hydrogen) atoms. The van der Waals surface area contributed by atoms with E-state index in [9.17, 15) is 12.9 Å². The third-order valence-corrected chi connectivity index (χ3v) is 11.7. The van der Waals surface area contributed by atoms with Crippen molar-refractivity contribution in [1.29, 1.82) is 0 Å². The molecule has 162 valence electrons. The van der Waals surface area contributed by atoms with Crippen molar-refractivity contribution >= 4 is 17.4 Å². The van der Waals surface area contributed by atoms with Crippen LogP contribution in [-0.2, 0) is 14.5 Å². The average molecular weight is 417 g/mol. The molecule has 0 aromatic rings. The van der Waals surface area contributed by atoms with E-state index in [-0.39, 0.29) is 5.75 Å². The fourth-order valence-electron chi connectivity index (χ4n) is 3.31. The van der Waals surface area contributed by atoms with Crippen LogP contribution in [0.3, 0.4) is 0 Å². The summed E-state index contributed by atoms with van der Waals surface area (Å²) in [5.74, 6) is -0.236. The topological polar surface area (TPSA) is 43.4 Å². The summed E-state index contributed by atoms with van der Waals surface area (Å²) in [6.45, 7) is 11.3. The Morgan fingerprint density at radius 3 is 1.19 bits per heavy atom. The maximum absolute atomic E-state index is 11.0. The van der Waals surface area contributed by atoms with Crippen LogP contribution in [0, 0.1) is 0 Å². The van der Waals surface area contributed by atoms with Crippen molar-refractivity contribution in [1.82, 2.24) is 0 Å². The summed E-state index contributed by atoms with van der Waals surface area (Å²) in [6.07, 6.45) is 19.3. The maximum atomic E-state index is 11.0. The molecule has 0 amide bonds. The molecule has 0 bridgehead atoms. The van der Waals surface area contributed by atoms with Gasteiger partial charge in [-0.05, 0) is 10.9 Å². The van der Waals surface area contributed by atoms with Gasteiger partial charge in [0.25, 0.3) is 10.1 Å². The molecule has 0 aromatic carbocycles. The zero-order valence-electron chi connectivity index (χ0n) is 18.1. The van der Waals surface area contributed by atoms with Gasteiger partial charge in [-0.15, -0.1) is 0 Å². The molecule has 0 radical (unpaired) electrons. The zero-order chi connectivity index (χ0) is 20.3. The van der Waals surface area contributed by atoms with E-state index in [4.69, 9.17) is 0 Å². The van der Waals surface area contributed by atoms with Crippen LogP contribution >= 0.6 is 7.26 Å². The molecule has 3 nitrogen and oxygen atoms in total. The first-order valence-electron chi connectivity index (χ1n) is 10.9. The standard InChI is InChI=1S/C16H37P.C4H9FO3S/c1-5-9-13-17(14-10-6-2,15-11-7-3)16-12-8-4;1-2-3-4-9(6,7)8-5/h17H,5-16H2,1-4H3;2-4H2,1H3. The first-order chi connectivity index (χ1) is 12.4. The zero-order valence-corrected chi connectivity index (χ0v) is 19.9. The molecule has 0 rings (SSSR count). The van der Waals surface area contributed by atoms with E-state index in [1.165, 1.54) is 51.4 Å². The van der Waals surface area contributed by atoms with Crippen molar-refractivity contribution in [2.45, 2.75) is 98.8 Å². The van der Waals surface area contributed by atoms with Crippen molar-refractivity contribution in [3.8, 4) is 0 Å². The molecule has 0 atom stereocenters. The van der Waals surface area contributed by atoms with Crippen LogP contribution in [-0.4, -0.2) is 38.8 Å². The summed E-state index contributed by atoms with van der Waals surface area (Å²) in [5.41, 5.74) is 0. The minimum atomic E-state index is -3.85. The van der Waals surface area contributed by atoms with Gasteiger partial charge in [0.1, 0.15) is 0 Å². The fourth-order valence-corrected chi connectivity index (χ4v) is 9.93. The molecular formula is C20H46FO3PS. The first kappa shape index (κ1) is 28.5. The van der Waals surface area contributed by atoms with E-state index in [0.717, 1.165) is 0 Å². The molecule has 0 N–H and O–H groups in total. The van der Waals surface area contributed by atoms with Crippen LogP contribution in [0.15, 0.2) is 0 Å². The summed E-state index contributed by atoms with van der Waals surface area (Å²) in [5, 5.41) is 0. The minimum absolute atomic E-state index is 0.236. The summed E-state index contributed by atoms with van der Waals surface area (Å²) in [4.78, 5) is 0. The molecule has 0 aromatic heterocycles. The summed E-state index contributed by atoms with van der Waals surface area (Å²) in [7, 11) is -4.73. The van der Waals surface area contributed by atoms with Gasteiger partial charge in [0.2, 0.25) is 0 Å². The fraction of sp³-hybridized carbons (Fsp3) is 1.00. The predicted octanol–water partition coefficient (Wildman–Crippen LogP) is 6.95. The van der Waals surface area contributed by atoms with Crippen molar-refractivity contribution in [2.24, 2.45) is 0 Å². The molecule has 0 saturated heterocycles. The SMILES string of the molecule is CCCCS(=O)(=O)OF.CCCC[PH](CCCC)(CCCC)CCCC. The van der Waals surface area contributed by atoms with Gasteiger partial charge >= 0.3 is 111 Å². The van der Waals surface area contributed by atoms with E-state index in [2.05, 4.69) is 32.1 Å². The normalized spacial score (nSPS) is 12.5. The molecule has 6 heteroatoms. The Kier molecular flexibility index (Phi) is 20.4. The van der Waals surface area contributed by atoms with Crippen LogP contribution in [0.5, 0.6) is 0 Å². The van der Waals surface area contributed by atoms with Crippen LogP contribution in [0.2, 0.25) is 0 Å². The van der Waals surface area contributed by atoms with E-state index in [1.807, 2.05) is 6.92 Å². The second kappa shape index (κ2) is 18.6.